The molecule has 2 aromatic rings. The van der Waals surface area contributed by atoms with Crippen molar-refractivity contribution in [2.45, 2.75) is 50.9 Å². The Balaban J connectivity index is 2.01. The zero-order valence-electron chi connectivity index (χ0n) is 15.5. The highest BCUT2D eigenvalue weighted by molar-refractivity contribution is 7.91. The van der Waals surface area contributed by atoms with Crippen LogP contribution in [-0.2, 0) is 35.5 Å². The van der Waals surface area contributed by atoms with Gasteiger partial charge in [0.15, 0.2) is 14.9 Å². The van der Waals surface area contributed by atoms with Crippen molar-refractivity contribution >= 4 is 33.2 Å². The molecule has 0 saturated heterocycles. The number of rotatable bonds is 3. The van der Waals surface area contributed by atoms with Gasteiger partial charge in [0, 0.05) is 24.0 Å². The summed E-state index contributed by atoms with van der Waals surface area (Å²) in [6.45, 7) is 3.40. The van der Waals surface area contributed by atoms with Crippen LogP contribution in [0.4, 0.5) is 23.7 Å². The molecule has 0 spiro atoms. The topological polar surface area (TPSA) is 115 Å². The van der Waals surface area contributed by atoms with E-state index >= 15 is 0 Å². The molecular weight excluding hydrogens is 433 g/mol. The maximum absolute atomic E-state index is 13.3. The summed E-state index contributed by atoms with van der Waals surface area (Å²) in [7, 11) is -3.80. The predicted octanol–water partition coefficient (Wildman–Crippen LogP) is 3.70. The number of fused-ring (bicyclic) bond motifs is 1. The molecule has 0 fully saturated rings. The number of carbonyl (C=O) groups is 1. The van der Waals surface area contributed by atoms with E-state index in [-0.39, 0.29) is 27.0 Å². The number of urea groups is 1. The van der Waals surface area contributed by atoms with Gasteiger partial charge in [-0.3, -0.25) is 4.68 Å². The van der Waals surface area contributed by atoms with E-state index in [1.165, 1.54) is 17.8 Å². The molecule has 29 heavy (non-hydrogen) atoms. The zero-order chi connectivity index (χ0) is 21.6. The number of nitrogens with two attached hydrogens (primary N) is 1. The Hall–Kier alpha value is -2.18. The second-order valence-corrected chi connectivity index (χ2v) is 8.58. The molecule has 8 nitrogen and oxygen atoms in total. The Kier molecular flexibility index (Phi) is 5.62. The van der Waals surface area contributed by atoms with Crippen molar-refractivity contribution in [2.75, 3.05) is 5.32 Å². The number of hydrogen-bond donors (Lipinski definition) is 2. The van der Waals surface area contributed by atoms with E-state index < -0.39 is 27.8 Å². The largest absolute Gasteiger partial charge is 0.433 e. The monoisotopic (exact) mass is 450 g/mol. The molecule has 3 rings (SSSR count). The number of anilines is 1. The van der Waals surface area contributed by atoms with E-state index in [0.717, 1.165) is 0 Å². The summed E-state index contributed by atoms with van der Waals surface area (Å²) < 4.78 is 57.4. The number of nitrogens with zero attached hydrogens (tertiary/aromatic N) is 4. The van der Waals surface area contributed by atoms with E-state index in [9.17, 15) is 22.2 Å². The molecule has 0 radical (unpaired) electrons. The number of hydrogen-bond acceptors (Lipinski definition) is 4. The van der Waals surface area contributed by atoms with Gasteiger partial charge < -0.3 is 5.32 Å². The lowest BCUT2D eigenvalue weighted by Crippen LogP contribution is -2.21. The number of aryl methyl sites for hydroxylation is 2. The second kappa shape index (κ2) is 7.58. The fourth-order valence-electron chi connectivity index (χ4n) is 3.16. The quantitative estimate of drug-likeness (QED) is 0.741. The van der Waals surface area contributed by atoms with Gasteiger partial charge in [0.2, 0.25) is 0 Å². The molecule has 1 atom stereocenters. The number of alkyl halides is 3. The van der Waals surface area contributed by atoms with Crippen LogP contribution in [0.2, 0.25) is 5.02 Å². The van der Waals surface area contributed by atoms with Gasteiger partial charge in [-0.25, -0.2) is 19.1 Å². The van der Waals surface area contributed by atoms with E-state index in [1.54, 1.807) is 6.92 Å². The summed E-state index contributed by atoms with van der Waals surface area (Å²) in [5.74, 6) is 0. The van der Waals surface area contributed by atoms with Crippen molar-refractivity contribution in [2.24, 2.45) is 9.50 Å². The summed E-state index contributed by atoms with van der Waals surface area (Å²) in [6.07, 6.45) is -1.86. The average molecular weight is 451 g/mol. The first-order valence-electron chi connectivity index (χ1n) is 8.62. The van der Waals surface area contributed by atoms with Gasteiger partial charge in [-0.05, 0) is 38.7 Å². The summed E-state index contributed by atoms with van der Waals surface area (Å²) in [5.41, 5.74) is -0.563. The van der Waals surface area contributed by atoms with Crippen molar-refractivity contribution < 1.29 is 22.2 Å². The van der Waals surface area contributed by atoms with E-state index in [1.807, 2.05) is 0 Å². The normalized spacial score (nSPS) is 15.7. The molecule has 2 aromatic heterocycles. The van der Waals surface area contributed by atoms with Crippen molar-refractivity contribution in [1.82, 2.24) is 14.8 Å². The lowest BCUT2D eigenvalue weighted by atomic mass is 10.1. The number of amides is 2. The van der Waals surface area contributed by atoms with Crippen LogP contribution in [0.25, 0.3) is 0 Å². The van der Waals surface area contributed by atoms with E-state index in [0.29, 0.717) is 31.4 Å². The minimum absolute atomic E-state index is 0.0313. The standard InChI is InChI=1S/C16H18ClF3N6O2S/c1-3-26-7-10(17)14(24-26)29(21,28)25-15(27)23-12-8(2)13(16(18,19)20)22-11-6-4-5-9(11)12/h7H,3-6H2,1-2H3,(H3,21,22,23,25,27,28)/t29-/m1/s1. The van der Waals surface area contributed by atoms with Crippen LogP contribution in [0.15, 0.2) is 15.6 Å². The van der Waals surface area contributed by atoms with Crippen LogP contribution in [0.1, 0.15) is 35.9 Å². The molecule has 0 aliphatic heterocycles. The SMILES string of the molecule is CCn1cc(Cl)c([S@](N)(=O)=NC(=O)Nc2c(C)c(C(F)(F)F)nc3c2CCC3)n1. The Morgan fingerprint density at radius 2 is 2.14 bits per heavy atom. The summed E-state index contributed by atoms with van der Waals surface area (Å²) >= 11 is 5.96. The molecule has 0 bridgehead atoms. The van der Waals surface area contributed by atoms with Gasteiger partial charge in [-0.15, -0.1) is 4.36 Å². The third-order valence-corrected chi connectivity index (χ3v) is 6.15. The lowest BCUT2D eigenvalue weighted by Gasteiger charge is -2.17. The third-order valence-electron chi connectivity index (χ3n) is 4.47. The van der Waals surface area contributed by atoms with Crippen molar-refractivity contribution in [3.8, 4) is 0 Å². The summed E-state index contributed by atoms with van der Waals surface area (Å²) in [5, 5.41) is 11.6. The smallest absolute Gasteiger partial charge is 0.305 e. The first kappa shape index (κ1) is 21.5. The van der Waals surface area contributed by atoms with Crippen molar-refractivity contribution in [3.05, 3.63) is 33.7 Å². The minimum atomic E-state index is -4.68. The predicted molar refractivity (Wildman–Crippen MR) is 101 cm³/mol. The first-order valence-corrected chi connectivity index (χ1v) is 10.6. The number of nitrogens with one attached hydrogen (secondary N) is 1. The second-order valence-electron chi connectivity index (χ2n) is 6.46. The lowest BCUT2D eigenvalue weighted by molar-refractivity contribution is -0.141. The number of pyridine rings is 1. The summed E-state index contributed by atoms with van der Waals surface area (Å²) in [4.78, 5) is 16.1. The van der Waals surface area contributed by atoms with Crippen LogP contribution < -0.4 is 10.5 Å². The van der Waals surface area contributed by atoms with E-state index in [4.69, 9.17) is 16.7 Å². The van der Waals surface area contributed by atoms with Crippen LogP contribution in [0, 0.1) is 6.92 Å². The molecule has 158 valence electrons. The van der Waals surface area contributed by atoms with Gasteiger partial charge in [0.1, 0.15) is 5.69 Å². The maximum atomic E-state index is 13.3. The van der Waals surface area contributed by atoms with Crippen LogP contribution in [0.5, 0.6) is 0 Å². The number of carbonyl (C=O) groups excluding carboxylic acids is 1. The summed E-state index contributed by atoms with van der Waals surface area (Å²) in [6, 6.07) is -1.16. The number of halogens is 4. The molecule has 0 aromatic carbocycles. The van der Waals surface area contributed by atoms with Crippen LogP contribution in [-0.4, -0.2) is 25.0 Å². The van der Waals surface area contributed by atoms with Gasteiger partial charge >= 0.3 is 12.2 Å². The Morgan fingerprint density at radius 3 is 2.72 bits per heavy atom. The van der Waals surface area contributed by atoms with Gasteiger partial charge in [-0.2, -0.15) is 18.3 Å². The van der Waals surface area contributed by atoms with Gasteiger partial charge in [0.25, 0.3) is 0 Å². The molecule has 1 aliphatic rings. The molecule has 2 heterocycles. The maximum Gasteiger partial charge on any atom is 0.433 e. The highest BCUT2D eigenvalue weighted by atomic mass is 35.5. The molecule has 13 heteroatoms. The molecule has 3 N–H and O–H groups in total. The Bertz CT molecular complexity index is 1110. The third kappa shape index (κ3) is 4.23. The van der Waals surface area contributed by atoms with Crippen LogP contribution in [0.3, 0.4) is 0 Å². The Morgan fingerprint density at radius 1 is 1.45 bits per heavy atom. The van der Waals surface area contributed by atoms with Crippen molar-refractivity contribution in [1.29, 1.82) is 0 Å². The molecular formula is C16H18ClF3N6O2S. The van der Waals surface area contributed by atoms with Gasteiger partial charge in [0.05, 0.1) is 10.7 Å². The van der Waals surface area contributed by atoms with Gasteiger partial charge in [-0.1, -0.05) is 11.6 Å². The Labute approximate surface area is 169 Å². The average Bonchev–Trinajstić information content (AvgIpc) is 3.22. The van der Waals surface area contributed by atoms with E-state index in [2.05, 4.69) is 19.8 Å². The highest BCUT2D eigenvalue weighted by Gasteiger charge is 2.38. The highest BCUT2D eigenvalue weighted by Crippen LogP contribution is 2.38. The van der Waals surface area contributed by atoms with Crippen molar-refractivity contribution in [3.63, 3.8) is 0 Å². The number of aromatic nitrogens is 3. The fraction of sp³-hybridized carbons (Fsp3) is 0.438. The van der Waals surface area contributed by atoms with Crippen LogP contribution >= 0.6 is 11.6 Å². The molecule has 2 amide bonds. The molecule has 0 saturated carbocycles. The minimum Gasteiger partial charge on any atom is -0.305 e. The zero-order valence-corrected chi connectivity index (χ0v) is 17.1. The fourth-order valence-corrected chi connectivity index (χ4v) is 4.58. The molecule has 0 unspecified atom stereocenters. The first-order chi connectivity index (χ1) is 13.4. The molecule has 1 aliphatic carbocycles.